The third kappa shape index (κ3) is 5.46. The molecule has 1 aromatic heterocycles. The highest BCUT2D eigenvalue weighted by molar-refractivity contribution is 5.78. The molecule has 0 atom stereocenters. The van der Waals surface area contributed by atoms with Crippen LogP contribution in [0.4, 0.5) is 0 Å². The molecule has 0 bridgehead atoms. The monoisotopic (exact) mass is 412 g/mol. The summed E-state index contributed by atoms with van der Waals surface area (Å²) in [5.74, 6) is 0.392. The van der Waals surface area contributed by atoms with Crippen molar-refractivity contribution in [3.05, 3.63) is 46.8 Å². The molecule has 8 heteroatoms. The zero-order chi connectivity index (χ0) is 21.5. The Hall–Kier alpha value is -3.16. The quantitative estimate of drug-likeness (QED) is 0.711. The Kier molecular flexibility index (Phi) is 7.21. The third-order valence-electron chi connectivity index (χ3n) is 5.34. The summed E-state index contributed by atoms with van der Waals surface area (Å²) in [5.41, 5.74) is 6.72. The number of primary amides is 1. The lowest BCUT2D eigenvalue weighted by atomic mass is 9.96. The molecule has 0 aliphatic carbocycles. The maximum absolute atomic E-state index is 12.4. The number of likely N-dealkylation sites (tertiary alicyclic amines) is 1. The summed E-state index contributed by atoms with van der Waals surface area (Å²) < 4.78 is 6.85. The van der Waals surface area contributed by atoms with Gasteiger partial charge in [-0.2, -0.15) is 5.10 Å². The van der Waals surface area contributed by atoms with E-state index < -0.39 is 0 Å². The maximum atomic E-state index is 12.4. The average molecular weight is 412 g/mol. The molecule has 3 rings (SSSR count). The molecule has 30 heavy (non-hydrogen) atoms. The number of benzene rings is 1. The molecule has 2 N–H and O–H groups in total. The maximum Gasteiger partial charge on any atom is 0.266 e. The van der Waals surface area contributed by atoms with Crippen LogP contribution in [0.5, 0.6) is 5.75 Å². The Balaban J connectivity index is 1.55. The summed E-state index contributed by atoms with van der Waals surface area (Å²) in [6, 6.07) is 10.7. The lowest BCUT2D eigenvalue weighted by Crippen LogP contribution is -2.41. The number of aryl methyl sites for hydroxylation is 1. The first-order chi connectivity index (χ1) is 14.5. The summed E-state index contributed by atoms with van der Waals surface area (Å²) >= 11 is 0. The van der Waals surface area contributed by atoms with E-state index in [1.807, 2.05) is 31.2 Å². The second-order valence-corrected chi connectivity index (χ2v) is 7.40. The fourth-order valence-corrected chi connectivity index (χ4v) is 3.60. The van der Waals surface area contributed by atoms with Gasteiger partial charge in [0.2, 0.25) is 11.8 Å². The Morgan fingerprint density at radius 3 is 2.47 bits per heavy atom. The molecule has 1 aliphatic rings. The number of piperidine rings is 1. The van der Waals surface area contributed by atoms with E-state index in [2.05, 4.69) is 5.10 Å². The molecule has 1 fully saturated rings. The first kappa shape index (κ1) is 21.5. The van der Waals surface area contributed by atoms with E-state index >= 15 is 0 Å². The predicted molar refractivity (Wildman–Crippen MR) is 113 cm³/mol. The van der Waals surface area contributed by atoms with Gasteiger partial charge in [0.25, 0.3) is 5.56 Å². The number of carbonyl (C=O) groups excluding carboxylic acids is 2. The molecule has 2 aromatic rings. The van der Waals surface area contributed by atoms with Crippen molar-refractivity contribution in [2.75, 3.05) is 19.7 Å². The molecule has 2 heterocycles. The SMILES string of the molecule is CCOc1ccc(-c2ccc(=O)n(CCCC(=O)N3CCC(C(N)=O)CC3)n2)cc1. The van der Waals surface area contributed by atoms with E-state index in [1.165, 1.54) is 10.7 Å². The van der Waals surface area contributed by atoms with Gasteiger partial charge in [-0.1, -0.05) is 0 Å². The molecule has 160 valence electrons. The van der Waals surface area contributed by atoms with Crippen LogP contribution in [0.15, 0.2) is 41.2 Å². The Bertz CT molecular complexity index is 931. The van der Waals surface area contributed by atoms with Gasteiger partial charge in [-0.25, -0.2) is 4.68 Å². The van der Waals surface area contributed by atoms with Crippen molar-refractivity contribution in [2.45, 2.75) is 39.2 Å². The zero-order valence-corrected chi connectivity index (χ0v) is 17.3. The summed E-state index contributed by atoms with van der Waals surface area (Å²) in [5, 5.41) is 4.44. The molecule has 1 saturated heterocycles. The van der Waals surface area contributed by atoms with Gasteiger partial charge in [0, 0.05) is 43.6 Å². The van der Waals surface area contributed by atoms with Crippen molar-refractivity contribution in [1.82, 2.24) is 14.7 Å². The van der Waals surface area contributed by atoms with E-state index in [-0.39, 0.29) is 23.3 Å². The topological polar surface area (TPSA) is 108 Å². The smallest absolute Gasteiger partial charge is 0.266 e. The van der Waals surface area contributed by atoms with Crippen molar-refractivity contribution in [1.29, 1.82) is 0 Å². The van der Waals surface area contributed by atoms with Gasteiger partial charge >= 0.3 is 0 Å². The van der Waals surface area contributed by atoms with Crippen molar-refractivity contribution >= 4 is 11.8 Å². The minimum absolute atomic E-state index is 0.0358. The fraction of sp³-hybridized carbons (Fsp3) is 0.455. The normalized spacial score (nSPS) is 14.5. The summed E-state index contributed by atoms with van der Waals surface area (Å²) in [6.45, 7) is 4.01. The first-order valence-corrected chi connectivity index (χ1v) is 10.4. The van der Waals surface area contributed by atoms with Gasteiger partial charge in [0.1, 0.15) is 5.75 Å². The minimum atomic E-state index is -0.292. The highest BCUT2D eigenvalue weighted by atomic mass is 16.5. The first-order valence-electron chi connectivity index (χ1n) is 10.4. The van der Waals surface area contributed by atoms with Crippen LogP contribution in [0.3, 0.4) is 0 Å². The highest BCUT2D eigenvalue weighted by Gasteiger charge is 2.25. The number of amides is 2. The Morgan fingerprint density at radius 2 is 1.83 bits per heavy atom. The Morgan fingerprint density at radius 1 is 1.13 bits per heavy atom. The van der Waals surface area contributed by atoms with Gasteiger partial charge in [0.05, 0.1) is 12.3 Å². The highest BCUT2D eigenvalue weighted by Crippen LogP contribution is 2.20. The standard InChI is InChI=1S/C22H28N4O4/c1-2-30-18-7-5-16(6-8-18)19-9-10-21(28)26(24-19)13-3-4-20(27)25-14-11-17(12-15-25)22(23)29/h5-10,17H,2-4,11-15H2,1H3,(H2,23,29). The van der Waals surface area contributed by atoms with Gasteiger partial charge < -0.3 is 15.4 Å². The molecule has 1 aromatic carbocycles. The molecular formula is C22H28N4O4. The van der Waals surface area contributed by atoms with Crippen LogP contribution in [0, 0.1) is 5.92 Å². The summed E-state index contributed by atoms with van der Waals surface area (Å²) in [6.07, 6.45) is 2.09. The number of hydrogen-bond donors (Lipinski definition) is 1. The molecule has 0 spiro atoms. The zero-order valence-electron chi connectivity index (χ0n) is 17.3. The van der Waals surface area contributed by atoms with Crippen LogP contribution in [0.25, 0.3) is 11.3 Å². The number of rotatable bonds is 8. The van der Waals surface area contributed by atoms with Crippen LogP contribution in [-0.2, 0) is 16.1 Å². The van der Waals surface area contributed by atoms with Gasteiger partial charge in [-0.05, 0) is 56.5 Å². The van der Waals surface area contributed by atoms with Crippen LogP contribution in [0.1, 0.15) is 32.6 Å². The molecule has 2 amide bonds. The number of hydrogen-bond acceptors (Lipinski definition) is 5. The second-order valence-electron chi connectivity index (χ2n) is 7.40. The number of nitrogens with zero attached hydrogens (tertiary/aromatic N) is 3. The van der Waals surface area contributed by atoms with Crippen LogP contribution >= 0.6 is 0 Å². The van der Waals surface area contributed by atoms with Crippen molar-refractivity contribution in [3.8, 4) is 17.0 Å². The molecular weight excluding hydrogens is 384 g/mol. The molecule has 1 aliphatic heterocycles. The predicted octanol–water partition coefficient (Wildman–Crippen LogP) is 1.81. The van der Waals surface area contributed by atoms with E-state index in [9.17, 15) is 14.4 Å². The van der Waals surface area contributed by atoms with Gasteiger partial charge in [0.15, 0.2) is 0 Å². The van der Waals surface area contributed by atoms with Crippen molar-refractivity contribution in [3.63, 3.8) is 0 Å². The summed E-state index contributed by atoms with van der Waals surface area (Å²) in [7, 11) is 0. The lowest BCUT2D eigenvalue weighted by molar-refractivity contribution is -0.135. The van der Waals surface area contributed by atoms with E-state index in [4.69, 9.17) is 10.5 Å². The average Bonchev–Trinajstić information content (AvgIpc) is 2.76. The van der Waals surface area contributed by atoms with Gasteiger partial charge in [-0.3, -0.25) is 14.4 Å². The van der Waals surface area contributed by atoms with E-state index in [0.29, 0.717) is 57.6 Å². The molecule has 0 unspecified atom stereocenters. The largest absolute Gasteiger partial charge is 0.494 e. The van der Waals surface area contributed by atoms with Crippen molar-refractivity contribution in [2.24, 2.45) is 11.7 Å². The number of aromatic nitrogens is 2. The molecule has 0 radical (unpaired) electrons. The van der Waals surface area contributed by atoms with Crippen LogP contribution < -0.4 is 16.0 Å². The lowest BCUT2D eigenvalue weighted by Gasteiger charge is -2.30. The van der Waals surface area contributed by atoms with E-state index in [1.54, 1.807) is 11.0 Å². The van der Waals surface area contributed by atoms with Crippen LogP contribution in [-0.4, -0.2) is 46.2 Å². The minimum Gasteiger partial charge on any atom is -0.494 e. The Labute approximate surface area is 175 Å². The number of carbonyl (C=O) groups is 2. The summed E-state index contributed by atoms with van der Waals surface area (Å²) in [4.78, 5) is 37.6. The fourth-order valence-electron chi connectivity index (χ4n) is 3.60. The number of ether oxygens (including phenoxy) is 1. The second kappa shape index (κ2) is 10.0. The molecule has 0 saturated carbocycles. The van der Waals surface area contributed by atoms with Crippen molar-refractivity contribution < 1.29 is 14.3 Å². The van der Waals surface area contributed by atoms with E-state index in [0.717, 1.165) is 11.3 Å². The van der Waals surface area contributed by atoms with Gasteiger partial charge in [-0.15, -0.1) is 0 Å². The van der Waals surface area contributed by atoms with Crippen LogP contribution in [0.2, 0.25) is 0 Å². The molecule has 8 nitrogen and oxygen atoms in total. The number of nitrogens with two attached hydrogens (primary N) is 1. The third-order valence-corrected chi connectivity index (χ3v) is 5.34.